The van der Waals surface area contributed by atoms with Crippen molar-refractivity contribution in [3.05, 3.63) is 23.9 Å². The third kappa shape index (κ3) is 4.72. The highest BCUT2D eigenvalue weighted by molar-refractivity contribution is 5.94. The first-order valence-electron chi connectivity index (χ1n) is 7.85. The fraction of sp³-hybridized carbons (Fsp3) is 0.562. The third-order valence-electron chi connectivity index (χ3n) is 3.52. The van der Waals surface area contributed by atoms with Crippen LogP contribution in [-0.2, 0) is 9.53 Å². The number of aromatic nitrogens is 1. The van der Waals surface area contributed by atoms with Crippen LogP contribution in [0.3, 0.4) is 0 Å². The van der Waals surface area contributed by atoms with E-state index in [4.69, 9.17) is 4.74 Å². The summed E-state index contributed by atoms with van der Waals surface area (Å²) < 4.78 is 4.94. The number of rotatable bonds is 7. The van der Waals surface area contributed by atoms with Crippen molar-refractivity contribution in [1.29, 1.82) is 0 Å². The van der Waals surface area contributed by atoms with E-state index in [1.54, 1.807) is 12.3 Å². The lowest BCUT2D eigenvalue weighted by Gasteiger charge is -2.16. The van der Waals surface area contributed by atoms with Crippen molar-refractivity contribution in [3.63, 3.8) is 0 Å². The quantitative estimate of drug-likeness (QED) is 0.777. The van der Waals surface area contributed by atoms with Crippen LogP contribution >= 0.6 is 0 Å². The molecule has 1 aromatic heterocycles. The molecule has 0 bridgehead atoms. The lowest BCUT2D eigenvalue weighted by molar-refractivity contribution is -0.143. The predicted octanol–water partition coefficient (Wildman–Crippen LogP) is 1.75. The van der Waals surface area contributed by atoms with Crippen LogP contribution in [-0.4, -0.2) is 43.1 Å². The van der Waals surface area contributed by atoms with Crippen LogP contribution in [0.15, 0.2) is 18.3 Å². The van der Waals surface area contributed by atoms with Crippen molar-refractivity contribution in [3.8, 4) is 0 Å². The Balaban J connectivity index is 1.76. The molecule has 0 aliphatic carbocycles. The largest absolute Gasteiger partial charge is 0.466 e. The van der Waals surface area contributed by atoms with E-state index in [2.05, 4.69) is 15.2 Å². The molecule has 1 aromatic rings. The van der Waals surface area contributed by atoms with Crippen molar-refractivity contribution < 1.29 is 14.3 Å². The highest BCUT2D eigenvalue weighted by Gasteiger charge is 2.14. The summed E-state index contributed by atoms with van der Waals surface area (Å²) >= 11 is 0. The molecule has 1 saturated heterocycles. The molecule has 1 N–H and O–H groups in total. The molecule has 6 nitrogen and oxygen atoms in total. The predicted molar refractivity (Wildman–Crippen MR) is 83.9 cm³/mol. The molecular formula is C16H23N3O3. The van der Waals surface area contributed by atoms with Crippen LogP contribution in [0, 0.1) is 0 Å². The SMILES string of the molecule is CCCOC(=O)CCNC(=O)c1ccc(N2CCCC2)nc1. The monoisotopic (exact) mass is 305 g/mol. The topological polar surface area (TPSA) is 71.5 Å². The second-order valence-corrected chi connectivity index (χ2v) is 5.33. The lowest BCUT2D eigenvalue weighted by atomic mass is 10.2. The van der Waals surface area contributed by atoms with Gasteiger partial charge in [0, 0.05) is 25.8 Å². The van der Waals surface area contributed by atoms with Crippen LogP contribution in [0.4, 0.5) is 5.82 Å². The number of amides is 1. The molecule has 1 amide bonds. The van der Waals surface area contributed by atoms with Gasteiger partial charge in [-0.25, -0.2) is 4.98 Å². The minimum atomic E-state index is -0.287. The Morgan fingerprint density at radius 3 is 2.73 bits per heavy atom. The highest BCUT2D eigenvalue weighted by Crippen LogP contribution is 2.17. The number of pyridine rings is 1. The molecule has 120 valence electrons. The average molecular weight is 305 g/mol. The summed E-state index contributed by atoms with van der Waals surface area (Å²) in [5.41, 5.74) is 0.505. The van der Waals surface area contributed by atoms with Gasteiger partial charge in [0.15, 0.2) is 0 Å². The van der Waals surface area contributed by atoms with Gasteiger partial charge in [0.1, 0.15) is 5.82 Å². The van der Waals surface area contributed by atoms with Gasteiger partial charge in [-0.05, 0) is 31.4 Å². The number of esters is 1. The van der Waals surface area contributed by atoms with Crippen molar-refractivity contribution in [2.75, 3.05) is 31.1 Å². The van der Waals surface area contributed by atoms with Crippen LogP contribution < -0.4 is 10.2 Å². The molecule has 0 unspecified atom stereocenters. The summed E-state index contributed by atoms with van der Waals surface area (Å²) in [6.07, 6.45) is 4.95. The molecule has 0 saturated carbocycles. The molecule has 1 fully saturated rings. The van der Waals surface area contributed by atoms with Crippen molar-refractivity contribution in [1.82, 2.24) is 10.3 Å². The van der Waals surface area contributed by atoms with Gasteiger partial charge >= 0.3 is 5.97 Å². The molecule has 1 aliphatic heterocycles. The fourth-order valence-electron chi connectivity index (χ4n) is 2.32. The highest BCUT2D eigenvalue weighted by atomic mass is 16.5. The first kappa shape index (κ1) is 16.3. The Kier molecular flexibility index (Phi) is 6.18. The molecule has 0 atom stereocenters. The number of nitrogens with one attached hydrogen (secondary N) is 1. The first-order chi connectivity index (χ1) is 10.7. The van der Waals surface area contributed by atoms with Crippen LogP contribution in [0.2, 0.25) is 0 Å². The van der Waals surface area contributed by atoms with Gasteiger partial charge in [0.2, 0.25) is 0 Å². The molecule has 6 heteroatoms. The average Bonchev–Trinajstić information content (AvgIpc) is 3.07. The Labute approximate surface area is 130 Å². The number of anilines is 1. The van der Waals surface area contributed by atoms with Gasteiger partial charge in [0.05, 0.1) is 18.6 Å². The maximum Gasteiger partial charge on any atom is 0.307 e. The fourth-order valence-corrected chi connectivity index (χ4v) is 2.32. The molecule has 2 heterocycles. The molecule has 1 aliphatic rings. The zero-order valence-electron chi connectivity index (χ0n) is 13.0. The van der Waals surface area contributed by atoms with Gasteiger partial charge in [0.25, 0.3) is 5.91 Å². The first-order valence-corrected chi connectivity index (χ1v) is 7.85. The van der Waals surface area contributed by atoms with Crippen molar-refractivity contribution >= 4 is 17.7 Å². The summed E-state index contributed by atoms with van der Waals surface area (Å²) in [6.45, 7) is 4.69. The van der Waals surface area contributed by atoms with Gasteiger partial charge in [-0.15, -0.1) is 0 Å². The van der Waals surface area contributed by atoms with E-state index >= 15 is 0 Å². The maximum atomic E-state index is 12.0. The lowest BCUT2D eigenvalue weighted by Crippen LogP contribution is -2.27. The number of hydrogen-bond acceptors (Lipinski definition) is 5. The van der Waals surface area contributed by atoms with Crippen LogP contribution in [0.5, 0.6) is 0 Å². The Bertz CT molecular complexity index is 496. The van der Waals surface area contributed by atoms with Gasteiger partial charge in [-0.2, -0.15) is 0 Å². The standard InChI is InChI=1S/C16H23N3O3/c1-2-11-22-15(20)7-8-17-16(21)13-5-6-14(18-12-13)19-9-3-4-10-19/h5-6,12H,2-4,7-11H2,1H3,(H,17,21). The van der Waals surface area contributed by atoms with Crippen molar-refractivity contribution in [2.24, 2.45) is 0 Å². The number of carbonyl (C=O) groups is 2. The number of carbonyl (C=O) groups excluding carboxylic acids is 2. The van der Waals surface area contributed by atoms with E-state index in [9.17, 15) is 9.59 Å². The van der Waals surface area contributed by atoms with Gasteiger partial charge in [-0.3, -0.25) is 9.59 Å². The maximum absolute atomic E-state index is 12.0. The summed E-state index contributed by atoms with van der Waals surface area (Å²) in [5.74, 6) is 0.408. The third-order valence-corrected chi connectivity index (χ3v) is 3.52. The summed E-state index contributed by atoms with van der Waals surface area (Å²) in [6, 6.07) is 3.64. The molecule has 0 aromatic carbocycles. The van der Waals surface area contributed by atoms with E-state index in [0.29, 0.717) is 12.2 Å². The smallest absolute Gasteiger partial charge is 0.307 e. The number of hydrogen-bond donors (Lipinski definition) is 1. The van der Waals surface area contributed by atoms with E-state index < -0.39 is 0 Å². The zero-order valence-corrected chi connectivity index (χ0v) is 13.0. The van der Waals surface area contributed by atoms with E-state index in [-0.39, 0.29) is 24.8 Å². The van der Waals surface area contributed by atoms with E-state index in [1.807, 2.05) is 13.0 Å². The molecule has 0 spiro atoms. The Hall–Kier alpha value is -2.11. The second kappa shape index (κ2) is 8.36. The van der Waals surface area contributed by atoms with Gasteiger partial charge < -0.3 is 15.0 Å². The Morgan fingerprint density at radius 2 is 2.09 bits per heavy atom. The summed E-state index contributed by atoms with van der Waals surface area (Å²) in [4.78, 5) is 29.8. The zero-order chi connectivity index (χ0) is 15.8. The second-order valence-electron chi connectivity index (χ2n) is 5.33. The van der Waals surface area contributed by atoms with Gasteiger partial charge in [-0.1, -0.05) is 6.92 Å². The van der Waals surface area contributed by atoms with E-state index in [1.165, 1.54) is 12.8 Å². The number of nitrogens with zero attached hydrogens (tertiary/aromatic N) is 2. The van der Waals surface area contributed by atoms with Crippen LogP contribution in [0.1, 0.15) is 43.0 Å². The number of ether oxygens (including phenoxy) is 1. The van der Waals surface area contributed by atoms with Crippen LogP contribution in [0.25, 0.3) is 0 Å². The molecule has 22 heavy (non-hydrogen) atoms. The summed E-state index contributed by atoms with van der Waals surface area (Å²) in [7, 11) is 0. The van der Waals surface area contributed by atoms with Crippen molar-refractivity contribution in [2.45, 2.75) is 32.6 Å². The molecule has 0 radical (unpaired) electrons. The van der Waals surface area contributed by atoms with E-state index in [0.717, 1.165) is 25.3 Å². The minimum Gasteiger partial charge on any atom is -0.466 e. The Morgan fingerprint density at radius 1 is 1.32 bits per heavy atom. The molecule has 2 rings (SSSR count). The molecular weight excluding hydrogens is 282 g/mol. The summed E-state index contributed by atoms with van der Waals surface area (Å²) in [5, 5.41) is 2.70. The minimum absolute atomic E-state index is 0.186. The normalized spacial score (nSPS) is 14.0.